The Morgan fingerprint density at radius 3 is 2.60 bits per heavy atom. The zero-order valence-electron chi connectivity index (χ0n) is 9.87. The van der Waals surface area contributed by atoms with Crippen LogP contribution in [0.4, 0.5) is 5.69 Å². The van der Waals surface area contributed by atoms with Crippen LogP contribution in [-0.2, 0) is 0 Å². The molecule has 15 heavy (non-hydrogen) atoms. The molecule has 1 aromatic rings. The average molecular weight is 205 g/mol. The highest BCUT2D eigenvalue weighted by atomic mass is 16.5. The van der Waals surface area contributed by atoms with Crippen LogP contribution < -0.4 is 10.5 Å². The molecule has 0 aliphatic rings. The van der Waals surface area contributed by atoms with E-state index in [1.807, 2.05) is 38.1 Å². The molecule has 0 aliphatic heterocycles. The number of hydrogen-bond donors (Lipinski definition) is 1. The van der Waals surface area contributed by atoms with Crippen molar-refractivity contribution in [2.75, 3.05) is 5.73 Å². The lowest BCUT2D eigenvalue weighted by atomic mass is 10.0. The highest BCUT2D eigenvalue weighted by Gasteiger charge is 2.09. The molecule has 2 heteroatoms. The van der Waals surface area contributed by atoms with Crippen molar-refractivity contribution in [3.8, 4) is 5.75 Å². The van der Waals surface area contributed by atoms with E-state index in [9.17, 15) is 0 Å². The van der Waals surface area contributed by atoms with E-state index in [1.165, 1.54) is 0 Å². The lowest BCUT2D eigenvalue weighted by Crippen LogP contribution is -2.00. The smallest absolute Gasteiger partial charge is 0.150 e. The van der Waals surface area contributed by atoms with Gasteiger partial charge < -0.3 is 10.5 Å². The minimum Gasteiger partial charge on any atom is -0.460 e. The first-order valence-corrected chi connectivity index (χ1v) is 5.25. The van der Waals surface area contributed by atoms with Gasteiger partial charge in [-0.15, -0.1) is 0 Å². The molecule has 2 nitrogen and oxygen atoms in total. The first-order chi connectivity index (χ1) is 7.06. The van der Waals surface area contributed by atoms with Gasteiger partial charge >= 0.3 is 0 Å². The number of allylic oxidation sites excluding steroid dienone is 2. The second-order valence-electron chi connectivity index (χ2n) is 3.92. The molecule has 2 N–H and O–H groups in total. The van der Waals surface area contributed by atoms with E-state index in [0.717, 1.165) is 22.8 Å². The monoisotopic (exact) mass is 205 g/mol. The van der Waals surface area contributed by atoms with Crippen LogP contribution in [0.1, 0.15) is 39.2 Å². The summed E-state index contributed by atoms with van der Waals surface area (Å²) in [5.41, 5.74) is 7.91. The van der Waals surface area contributed by atoms with Crippen LogP contribution in [0.25, 0.3) is 0 Å². The summed E-state index contributed by atoms with van der Waals surface area (Å²) in [6.45, 7) is 8.11. The van der Waals surface area contributed by atoms with Crippen molar-refractivity contribution in [2.45, 2.75) is 33.6 Å². The highest BCUT2D eigenvalue weighted by Crippen LogP contribution is 2.31. The minimum absolute atomic E-state index is 0.416. The number of hydrogen-bond acceptors (Lipinski definition) is 2. The van der Waals surface area contributed by atoms with Crippen molar-refractivity contribution in [1.29, 1.82) is 0 Å². The fourth-order valence-electron chi connectivity index (χ4n) is 1.39. The number of nitrogens with two attached hydrogens (primary N) is 1. The Balaban J connectivity index is 3.04. The summed E-state index contributed by atoms with van der Waals surface area (Å²) < 4.78 is 5.62. The van der Waals surface area contributed by atoms with Gasteiger partial charge in [-0.05, 0) is 37.5 Å². The fourth-order valence-corrected chi connectivity index (χ4v) is 1.39. The van der Waals surface area contributed by atoms with E-state index in [2.05, 4.69) is 13.8 Å². The van der Waals surface area contributed by atoms with Gasteiger partial charge in [-0.2, -0.15) is 0 Å². The van der Waals surface area contributed by atoms with Crippen molar-refractivity contribution < 1.29 is 4.74 Å². The third-order valence-electron chi connectivity index (χ3n) is 2.40. The zero-order valence-corrected chi connectivity index (χ0v) is 9.87. The Kier molecular flexibility index (Phi) is 3.78. The molecular formula is C13H19NO. The van der Waals surface area contributed by atoms with Gasteiger partial charge in [0, 0.05) is 0 Å². The van der Waals surface area contributed by atoms with Crippen LogP contribution in [0.15, 0.2) is 30.0 Å². The lowest BCUT2D eigenvalue weighted by molar-refractivity contribution is 0.428. The summed E-state index contributed by atoms with van der Waals surface area (Å²) in [7, 11) is 0. The lowest BCUT2D eigenvalue weighted by Gasteiger charge is -2.14. The van der Waals surface area contributed by atoms with Gasteiger partial charge in [0.05, 0.1) is 11.4 Å². The summed E-state index contributed by atoms with van der Waals surface area (Å²) in [4.78, 5) is 0. The van der Waals surface area contributed by atoms with Gasteiger partial charge in [-0.25, -0.2) is 0 Å². The van der Waals surface area contributed by atoms with Gasteiger partial charge in [0.25, 0.3) is 0 Å². The first-order valence-electron chi connectivity index (χ1n) is 5.25. The molecule has 0 fully saturated rings. The maximum atomic E-state index is 6.04. The predicted octanol–water partition coefficient (Wildman–Crippen LogP) is 3.69. The molecule has 82 valence electrons. The first kappa shape index (κ1) is 11.6. The largest absolute Gasteiger partial charge is 0.460 e. The number of benzene rings is 1. The number of rotatable bonds is 3. The average Bonchev–Trinajstić information content (AvgIpc) is 2.20. The zero-order chi connectivity index (χ0) is 11.4. The summed E-state index contributed by atoms with van der Waals surface area (Å²) in [5, 5.41) is 0. The van der Waals surface area contributed by atoms with Crippen LogP contribution >= 0.6 is 0 Å². The minimum atomic E-state index is 0.416. The van der Waals surface area contributed by atoms with E-state index in [0.29, 0.717) is 5.92 Å². The normalized spacial score (nSPS) is 11.9. The molecule has 0 bridgehead atoms. The molecule has 0 aromatic heterocycles. The molecule has 0 heterocycles. The van der Waals surface area contributed by atoms with Gasteiger partial charge in [0.2, 0.25) is 0 Å². The maximum absolute atomic E-state index is 6.04. The summed E-state index contributed by atoms with van der Waals surface area (Å²) in [6.07, 6.45) is 1.92. The van der Waals surface area contributed by atoms with E-state index in [1.54, 1.807) is 0 Å². The Hall–Kier alpha value is -1.44. The molecule has 0 aliphatic carbocycles. The number of anilines is 1. The van der Waals surface area contributed by atoms with Crippen molar-refractivity contribution in [2.24, 2.45) is 0 Å². The van der Waals surface area contributed by atoms with Gasteiger partial charge in [0.15, 0.2) is 0 Å². The quantitative estimate of drug-likeness (QED) is 0.603. The molecule has 0 radical (unpaired) electrons. The van der Waals surface area contributed by atoms with Crippen molar-refractivity contribution in [3.63, 3.8) is 0 Å². The summed E-state index contributed by atoms with van der Waals surface area (Å²) in [6, 6.07) is 5.91. The Labute approximate surface area is 91.7 Å². The van der Waals surface area contributed by atoms with E-state index in [4.69, 9.17) is 10.5 Å². The molecule has 0 amide bonds. The summed E-state index contributed by atoms with van der Waals surface area (Å²) >= 11 is 0. The summed E-state index contributed by atoms with van der Waals surface area (Å²) in [5.74, 6) is 2.03. The molecule has 0 unspecified atom stereocenters. The van der Waals surface area contributed by atoms with Crippen LogP contribution in [-0.4, -0.2) is 0 Å². The Morgan fingerprint density at radius 2 is 2.07 bits per heavy atom. The number of nitrogen functional groups attached to an aromatic ring is 1. The molecule has 0 saturated carbocycles. The van der Waals surface area contributed by atoms with Crippen LogP contribution in [0.5, 0.6) is 5.75 Å². The Bertz CT molecular complexity index is 367. The SMILES string of the molecule is C/C=C(/C)Oc1cccc(C(C)C)c1N. The molecule has 1 aromatic carbocycles. The van der Waals surface area contributed by atoms with Crippen LogP contribution in [0.2, 0.25) is 0 Å². The van der Waals surface area contributed by atoms with Gasteiger partial charge in [-0.1, -0.05) is 26.0 Å². The van der Waals surface area contributed by atoms with Crippen LogP contribution in [0.3, 0.4) is 0 Å². The maximum Gasteiger partial charge on any atom is 0.150 e. The third kappa shape index (κ3) is 2.75. The van der Waals surface area contributed by atoms with Crippen molar-refractivity contribution >= 4 is 5.69 Å². The molecule has 1 rings (SSSR count). The molecule has 0 atom stereocenters. The van der Waals surface area contributed by atoms with Crippen LogP contribution in [0, 0.1) is 0 Å². The predicted molar refractivity (Wildman–Crippen MR) is 65.0 cm³/mol. The van der Waals surface area contributed by atoms with Crippen molar-refractivity contribution in [1.82, 2.24) is 0 Å². The molecule has 0 spiro atoms. The highest BCUT2D eigenvalue weighted by molar-refractivity contribution is 5.59. The van der Waals surface area contributed by atoms with E-state index in [-0.39, 0.29) is 0 Å². The third-order valence-corrected chi connectivity index (χ3v) is 2.40. The molecular weight excluding hydrogens is 186 g/mol. The number of ether oxygens (including phenoxy) is 1. The Morgan fingerprint density at radius 1 is 1.40 bits per heavy atom. The van der Waals surface area contributed by atoms with E-state index >= 15 is 0 Å². The second-order valence-corrected chi connectivity index (χ2v) is 3.92. The van der Waals surface area contributed by atoms with Crippen molar-refractivity contribution in [3.05, 3.63) is 35.6 Å². The van der Waals surface area contributed by atoms with Gasteiger partial charge in [0.1, 0.15) is 5.75 Å². The molecule has 0 saturated heterocycles. The standard InChI is InChI=1S/C13H19NO/c1-5-10(4)15-12-8-6-7-11(9(2)3)13(12)14/h5-9H,14H2,1-4H3/b10-5-. The van der Waals surface area contributed by atoms with E-state index < -0.39 is 0 Å². The topological polar surface area (TPSA) is 35.2 Å². The van der Waals surface area contributed by atoms with Gasteiger partial charge in [-0.3, -0.25) is 0 Å². The second kappa shape index (κ2) is 4.87. The fraction of sp³-hybridized carbons (Fsp3) is 0.385. The number of para-hydroxylation sites is 1.